The van der Waals surface area contributed by atoms with Crippen LogP contribution in [0, 0.1) is 6.92 Å². The van der Waals surface area contributed by atoms with E-state index in [1.165, 1.54) is 6.08 Å². The van der Waals surface area contributed by atoms with Crippen LogP contribution in [0.15, 0.2) is 47.9 Å². The molecule has 0 spiro atoms. The van der Waals surface area contributed by atoms with Gasteiger partial charge in [-0.1, -0.05) is 18.7 Å². The van der Waals surface area contributed by atoms with E-state index in [4.69, 9.17) is 5.73 Å². The van der Waals surface area contributed by atoms with Crippen LogP contribution in [-0.4, -0.2) is 44.2 Å². The molecular formula is C26H30N6O3. The number of hydrogen-bond donors (Lipinski definition) is 2. The summed E-state index contributed by atoms with van der Waals surface area (Å²) in [4.78, 5) is 38.9. The Hall–Kier alpha value is -3.72. The molecule has 5 rings (SSSR count). The number of carbonyl (C=O) groups is 1. The van der Waals surface area contributed by atoms with Gasteiger partial charge >= 0.3 is 0 Å². The number of pyridine rings is 1. The van der Waals surface area contributed by atoms with Crippen molar-refractivity contribution in [3.8, 4) is 0 Å². The molecule has 182 valence electrons. The molecule has 3 aromatic rings. The maximum Gasteiger partial charge on any atom is 0.276 e. The van der Waals surface area contributed by atoms with E-state index < -0.39 is 5.60 Å². The summed E-state index contributed by atoms with van der Waals surface area (Å²) in [6.45, 7) is 8.31. The summed E-state index contributed by atoms with van der Waals surface area (Å²) in [7, 11) is 0. The van der Waals surface area contributed by atoms with Gasteiger partial charge in [0.2, 0.25) is 5.95 Å². The largest absolute Gasteiger partial charge is 0.390 e. The first-order valence-electron chi connectivity index (χ1n) is 11.9. The van der Waals surface area contributed by atoms with Gasteiger partial charge in [-0.2, -0.15) is 4.98 Å². The molecule has 1 saturated carbocycles. The zero-order valence-electron chi connectivity index (χ0n) is 20.1. The van der Waals surface area contributed by atoms with E-state index >= 15 is 0 Å². The average Bonchev–Trinajstić information content (AvgIpc) is 2.83. The number of nitrogen functional groups attached to an aromatic ring is 1. The van der Waals surface area contributed by atoms with Crippen molar-refractivity contribution in [1.82, 2.24) is 14.5 Å². The van der Waals surface area contributed by atoms with Gasteiger partial charge in [-0.15, -0.1) is 0 Å². The van der Waals surface area contributed by atoms with Crippen LogP contribution in [0.2, 0.25) is 0 Å². The summed E-state index contributed by atoms with van der Waals surface area (Å²) in [5.41, 5.74) is 8.51. The van der Waals surface area contributed by atoms with Crippen molar-refractivity contribution in [2.45, 2.75) is 51.2 Å². The molecule has 9 heteroatoms. The number of rotatable bonds is 3. The van der Waals surface area contributed by atoms with E-state index in [-0.39, 0.29) is 23.5 Å². The number of hydrogen-bond acceptors (Lipinski definition) is 7. The molecule has 3 N–H and O–H groups in total. The summed E-state index contributed by atoms with van der Waals surface area (Å²) in [5, 5.41) is 11.2. The minimum Gasteiger partial charge on any atom is -0.390 e. The van der Waals surface area contributed by atoms with Crippen molar-refractivity contribution >= 4 is 40.0 Å². The molecule has 3 heterocycles. The monoisotopic (exact) mass is 474 g/mol. The second-order valence-corrected chi connectivity index (χ2v) is 9.73. The van der Waals surface area contributed by atoms with Crippen LogP contribution in [-0.2, 0) is 4.79 Å². The molecule has 2 aromatic heterocycles. The number of nitrogens with zero attached hydrogens (tertiary/aromatic N) is 5. The SMILES string of the molecule is C=CC(=O)N1CCN(c2cc3cnc(N)nc3n(C3CCC(C)(O)CC3)c2=O)c2cccc(C)c21. The summed E-state index contributed by atoms with van der Waals surface area (Å²) in [6.07, 6.45) is 5.47. The Morgan fingerprint density at radius 2 is 2.00 bits per heavy atom. The molecule has 0 atom stereocenters. The highest BCUT2D eigenvalue weighted by Crippen LogP contribution is 2.41. The third-order valence-electron chi connectivity index (χ3n) is 7.23. The zero-order chi connectivity index (χ0) is 24.9. The highest BCUT2D eigenvalue weighted by molar-refractivity contribution is 6.05. The Bertz CT molecular complexity index is 1390. The number of para-hydroxylation sites is 1. The van der Waals surface area contributed by atoms with Gasteiger partial charge in [-0.3, -0.25) is 14.2 Å². The van der Waals surface area contributed by atoms with Gasteiger partial charge in [0.05, 0.1) is 17.0 Å². The summed E-state index contributed by atoms with van der Waals surface area (Å²) >= 11 is 0. The lowest BCUT2D eigenvalue weighted by Gasteiger charge is -2.39. The van der Waals surface area contributed by atoms with Gasteiger partial charge in [0.25, 0.3) is 11.5 Å². The summed E-state index contributed by atoms with van der Waals surface area (Å²) in [6, 6.07) is 7.50. The smallest absolute Gasteiger partial charge is 0.276 e. The second kappa shape index (κ2) is 8.49. The highest BCUT2D eigenvalue weighted by Gasteiger charge is 2.33. The first kappa shape index (κ1) is 23.0. The zero-order valence-corrected chi connectivity index (χ0v) is 20.1. The Kier molecular flexibility index (Phi) is 5.59. The maximum absolute atomic E-state index is 14.1. The van der Waals surface area contributed by atoms with Crippen molar-refractivity contribution in [2.24, 2.45) is 0 Å². The first-order valence-corrected chi connectivity index (χ1v) is 11.9. The molecule has 2 aliphatic rings. The number of anilines is 4. The van der Waals surface area contributed by atoms with Crippen LogP contribution >= 0.6 is 0 Å². The van der Waals surface area contributed by atoms with Crippen LogP contribution in [0.25, 0.3) is 11.0 Å². The number of aliphatic hydroxyl groups is 1. The van der Waals surface area contributed by atoms with E-state index in [1.807, 2.05) is 43.0 Å². The highest BCUT2D eigenvalue weighted by atomic mass is 16.3. The molecule has 1 aliphatic carbocycles. The third-order valence-corrected chi connectivity index (χ3v) is 7.23. The molecule has 1 aromatic carbocycles. The van der Waals surface area contributed by atoms with E-state index in [1.54, 1.807) is 15.7 Å². The topological polar surface area (TPSA) is 118 Å². The number of fused-ring (bicyclic) bond motifs is 2. The van der Waals surface area contributed by atoms with Crippen molar-refractivity contribution in [3.05, 3.63) is 59.0 Å². The van der Waals surface area contributed by atoms with Crippen LogP contribution in [0.1, 0.15) is 44.2 Å². The first-order chi connectivity index (χ1) is 16.7. The second-order valence-electron chi connectivity index (χ2n) is 9.73. The van der Waals surface area contributed by atoms with Crippen LogP contribution in [0.3, 0.4) is 0 Å². The molecule has 9 nitrogen and oxygen atoms in total. The fourth-order valence-corrected chi connectivity index (χ4v) is 5.36. The lowest BCUT2D eigenvalue weighted by atomic mass is 9.83. The molecule has 1 fully saturated rings. The Morgan fingerprint density at radius 3 is 2.71 bits per heavy atom. The fourth-order valence-electron chi connectivity index (χ4n) is 5.36. The van der Waals surface area contributed by atoms with Gasteiger partial charge in [0.1, 0.15) is 11.3 Å². The van der Waals surface area contributed by atoms with Crippen molar-refractivity contribution < 1.29 is 9.90 Å². The van der Waals surface area contributed by atoms with Gasteiger partial charge in [0.15, 0.2) is 0 Å². The maximum atomic E-state index is 14.1. The molecule has 0 radical (unpaired) electrons. The third kappa shape index (κ3) is 3.95. The molecule has 1 amide bonds. The standard InChI is InChI=1S/C26H30N6O3/c1-4-21(33)31-13-12-30(19-7-5-6-16(2)22(19)31)20-14-17-15-28-25(27)29-23(17)32(24(20)34)18-8-10-26(3,35)11-9-18/h4-7,14-15,18,35H,1,8-13H2,2-3H3,(H2,27,28,29). The molecule has 0 unspecified atom stereocenters. The van der Waals surface area contributed by atoms with Gasteiger partial charge in [-0.05, 0) is 63.3 Å². The quantitative estimate of drug-likeness (QED) is 0.560. The number of aryl methyl sites for hydroxylation is 1. The predicted octanol–water partition coefficient (Wildman–Crippen LogP) is 3.22. The Labute approximate surface area is 203 Å². The predicted molar refractivity (Wildman–Crippen MR) is 137 cm³/mol. The van der Waals surface area contributed by atoms with E-state index in [0.29, 0.717) is 55.5 Å². The number of amides is 1. The minimum absolute atomic E-state index is 0.110. The molecular weight excluding hydrogens is 444 g/mol. The van der Waals surface area contributed by atoms with Gasteiger partial charge in [0, 0.05) is 30.7 Å². The lowest BCUT2D eigenvalue weighted by molar-refractivity contribution is -0.114. The van der Waals surface area contributed by atoms with Gasteiger partial charge in [-0.25, -0.2) is 4.98 Å². The van der Waals surface area contributed by atoms with Crippen LogP contribution < -0.4 is 21.1 Å². The number of aromatic nitrogens is 3. The average molecular weight is 475 g/mol. The number of carbonyl (C=O) groups excluding carboxylic acids is 1. The van der Waals surface area contributed by atoms with Crippen molar-refractivity contribution in [2.75, 3.05) is 28.6 Å². The Morgan fingerprint density at radius 1 is 1.26 bits per heavy atom. The van der Waals surface area contributed by atoms with E-state index in [0.717, 1.165) is 16.9 Å². The molecule has 0 saturated heterocycles. The van der Waals surface area contributed by atoms with Crippen molar-refractivity contribution in [1.29, 1.82) is 0 Å². The van der Waals surface area contributed by atoms with Crippen LogP contribution in [0.5, 0.6) is 0 Å². The lowest BCUT2D eigenvalue weighted by Crippen LogP contribution is -2.44. The number of nitrogens with two attached hydrogens (primary N) is 1. The molecule has 1 aliphatic heterocycles. The Balaban J connectivity index is 1.69. The molecule has 0 bridgehead atoms. The summed E-state index contributed by atoms with van der Waals surface area (Å²) in [5.74, 6) is -0.0621. The van der Waals surface area contributed by atoms with Crippen LogP contribution in [0.4, 0.5) is 23.0 Å². The minimum atomic E-state index is -0.730. The number of benzene rings is 1. The van der Waals surface area contributed by atoms with E-state index in [9.17, 15) is 14.7 Å². The van der Waals surface area contributed by atoms with Crippen molar-refractivity contribution in [3.63, 3.8) is 0 Å². The summed E-state index contributed by atoms with van der Waals surface area (Å²) < 4.78 is 1.73. The van der Waals surface area contributed by atoms with E-state index in [2.05, 4.69) is 16.5 Å². The fraction of sp³-hybridized carbons (Fsp3) is 0.385. The normalized spacial score (nSPS) is 22.2. The van der Waals surface area contributed by atoms with Gasteiger partial charge < -0.3 is 20.6 Å². The molecule has 35 heavy (non-hydrogen) atoms.